The quantitative estimate of drug-likeness (QED) is 0.836. The van der Waals surface area contributed by atoms with E-state index in [0.717, 1.165) is 6.04 Å². The van der Waals surface area contributed by atoms with Gasteiger partial charge in [0.2, 0.25) is 0 Å². The largest absolute Gasteiger partial charge is 0.309 e. The molecule has 1 unspecified atom stereocenters. The zero-order valence-corrected chi connectivity index (χ0v) is 14.1. The lowest BCUT2D eigenvalue weighted by molar-refractivity contribution is 0.188. The first-order chi connectivity index (χ1) is 8.75. The lowest BCUT2D eigenvalue weighted by Crippen LogP contribution is -2.27. The number of hydrogen-bond donors (Lipinski definition) is 0. The first-order valence-electron chi connectivity index (χ1n) is 7.25. The lowest BCUT2D eigenvalue weighted by atomic mass is 9.87. The lowest BCUT2D eigenvalue weighted by Gasteiger charge is -2.29. The molecule has 0 saturated carbocycles. The highest BCUT2D eigenvalue weighted by Gasteiger charge is 2.33. The van der Waals surface area contributed by atoms with Crippen LogP contribution in [0.4, 0.5) is 0 Å². The van der Waals surface area contributed by atoms with Crippen LogP contribution in [0.25, 0.3) is 0 Å². The van der Waals surface area contributed by atoms with E-state index in [0.29, 0.717) is 0 Å². The molecule has 0 radical (unpaired) electrons. The van der Waals surface area contributed by atoms with Crippen molar-refractivity contribution in [2.24, 2.45) is 0 Å². The van der Waals surface area contributed by atoms with Crippen LogP contribution in [-0.2, 0) is 13.0 Å². The van der Waals surface area contributed by atoms with Crippen molar-refractivity contribution in [1.29, 1.82) is 0 Å². The first-order valence-corrected chi connectivity index (χ1v) is 7.25. The summed E-state index contributed by atoms with van der Waals surface area (Å²) in [4.78, 5) is 4.99. The Bertz CT molecular complexity index is 434. The van der Waals surface area contributed by atoms with E-state index in [1.165, 1.54) is 45.3 Å². The van der Waals surface area contributed by atoms with Crippen LogP contribution < -0.4 is 0 Å². The second-order valence-electron chi connectivity index (χ2n) is 6.03. The highest BCUT2D eigenvalue weighted by Crippen LogP contribution is 2.42. The minimum atomic E-state index is 0. The fourth-order valence-electron chi connectivity index (χ4n) is 3.60. The van der Waals surface area contributed by atoms with E-state index >= 15 is 0 Å². The van der Waals surface area contributed by atoms with Crippen molar-refractivity contribution >= 4 is 24.8 Å². The maximum Gasteiger partial charge on any atom is 0.0357 e. The summed E-state index contributed by atoms with van der Waals surface area (Å²) in [5.74, 6) is 0. The maximum absolute atomic E-state index is 2.71. The van der Waals surface area contributed by atoms with E-state index in [-0.39, 0.29) is 24.8 Å². The predicted octanol–water partition coefficient (Wildman–Crippen LogP) is 3.67. The summed E-state index contributed by atoms with van der Waals surface area (Å²) in [7, 11) is 4.33. The van der Waals surface area contributed by atoms with Crippen molar-refractivity contribution in [2.45, 2.75) is 38.3 Å². The third-order valence-electron chi connectivity index (χ3n) is 4.41. The van der Waals surface area contributed by atoms with Crippen LogP contribution in [0.3, 0.4) is 0 Å². The molecule has 0 fully saturated rings. The summed E-state index contributed by atoms with van der Waals surface area (Å²) in [6.07, 6.45) is 5.31. The average molecular weight is 317 g/mol. The molecule has 0 aromatic heterocycles. The van der Waals surface area contributed by atoms with E-state index in [2.05, 4.69) is 42.1 Å². The summed E-state index contributed by atoms with van der Waals surface area (Å²) in [5.41, 5.74) is 4.91. The van der Waals surface area contributed by atoms with Crippen LogP contribution in [0.1, 0.15) is 42.0 Å². The van der Waals surface area contributed by atoms with Gasteiger partial charge in [-0.1, -0.05) is 18.2 Å². The maximum atomic E-state index is 2.71. The van der Waals surface area contributed by atoms with Gasteiger partial charge in [0, 0.05) is 19.1 Å². The van der Waals surface area contributed by atoms with Crippen molar-refractivity contribution in [3.63, 3.8) is 0 Å². The van der Waals surface area contributed by atoms with Gasteiger partial charge in [0.15, 0.2) is 0 Å². The van der Waals surface area contributed by atoms with Crippen molar-refractivity contribution in [3.05, 3.63) is 34.9 Å². The number of nitrogens with zero attached hydrogens (tertiary/aromatic N) is 2. The number of benzene rings is 1. The Morgan fingerprint density at radius 1 is 1.20 bits per heavy atom. The molecule has 4 heteroatoms. The monoisotopic (exact) mass is 316 g/mol. The van der Waals surface area contributed by atoms with Crippen LogP contribution in [-0.4, -0.2) is 37.0 Å². The fourth-order valence-corrected chi connectivity index (χ4v) is 3.60. The van der Waals surface area contributed by atoms with E-state index in [1.807, 2.05) is 0 Å². The van der Waals surface area contributed by atoms with Gasteiger partial charge in [0.05, 0.1) is 0 Å². The highest BCUT2D eigenvalue weighted by molar-refractivity contribution is 5.85. The molecule has 1 aliphatic carbocycles. The van der Waals surface area contributed by atoms with Crippen molar-refractivity contribution in [3.8, 4) is 0 Å². The summed E-state index contributed by atoms with van der Waals surface area (Å²) in [5, 5.41) is 0. The third kappa shape index (κ3) is 3.48. The van der Waals surface area contributed by atoms with Crippen LogP contribution >= 0.6 is 24.8 Å². The average Bonchev–Trinajstić information content (AvgIpc) is 2.70. The Morgan fingerprint density at radius 2 is 1.95 bits per heavy atom. The molecular formula is C16H26Cl2N2. The third-order valence-corrected chi connectivity index (χ3v) is 4.41. The molecule has 1 aromatic rings. The van der Waals surface area contributed by atoms with Gasteiger partial charge in [-0.3, -0.25) is 4.90 Å². The highest BCUT2D eigenvalue weighted by atomic mass is 35.5. The molecule has 0 saturated heterocycles. The van der Waals surface area contributed by atoms with Gasteiger partial charge >= 0.3 is 0 Å². The number of halogens is 2. The molecule has 114 valence electrons. The second-order valence-corrected chi connectivity index (χ2v) is 6.03. The van der Waals surface area contributed by atoms with E-state index in [4.69, 9.17) is 0 Å². The SMILES string of the molecule is CN(C)CCCN1Cc2cccc3c2C1CCC3.Cl.Cl. The van der Waals surface area contributed by atoms with E-state index < -0.39 is 0 Å². The molecule has 1 atom stereocenters. The van der Waals surface area contributed by atoms with Crippen LogP contribution in [0.15, 0.2) is 18.2 Å². The molecule has 0 N–H and O–H groups in total. The van der Waals surface area contributed by atoms with Gasteiger partial charge in [-0.05, 0) is 63.0 Å². The van der Waals surface area contributed by atoms with E-state index in [9.17, 15) is 0 Å². The van der Waals surface area contributed by atoms with Gasteiger partial charge in [-0.25, -0.2) is 0 Å². The minimum Gasteiger partial charge on any atom is -0.309 e. The Morgan fingerprint density at radius 3 is 2.70 bits per heavy atom. The van der Waals surface area contributed by atoms with Gasteiger partial charge in [0.25, 0.3) is 0 Å². The minimum absolute atomic E-state index is 0. The Balaban J connectivity index is 0.000001000. The van der Waals surface area contributed by atoms with Crippen LogP contribution in [0, 0.1) is 0 Å². The van der Waals surface area contributed by atoms with E-state index in [1.54, 1.807) is 16.7 Å². The van der Waals surface area contributed by atoms with Crippen LogP contribution in [0.2, 0.25) is 0 Å². The summed E-state index contributed by atoms with van der Waals surface area (Å²) < 4.78 is 0. The zero-order chi connectivity index (χ0) is 12.5. The van der Waals surface area contributed by atoms with Gasteiger partial charge in [-0.2, -0.15) is 0 Å². The normalized spacial score (nSPS) is 20.2. The molecule has 0 spiro atoms. The molecule has 1 aromatic carbocycles. The number of rotatable bonds is 4. The molecule has 0 bridgehead atoms. The summed E-state index contributed by atoms with van der Waals surface area (Å²) >= 11 is 0. The standard InChI is InChI=1S/C16H24N2.2ClH/c1-17(2)10-5-11-18-12-14-8-3-6-13-7-4-9-15(18)16(13)14;;/h3,6,8,15H,4-5,7,9-12H2,1-2H3;2*1H. The Labute approximate surface area is 135 Å². The molecule has 20 heavy (non-hydrogen) atoms. The topological polar surface area (TPSA) is 6.48 Å². The first kappa shape index (κ1) is 17.8. The molecule has 2 nitrogen and oxygen atoms in total. The van der Waals surface area contributed by atoms with Crippen molar-refractivity contribution in [2.75, 3.05) is 27.2 Å². The van der Waals surface area contributed by atoms with Crippen molar-refractivity contribution < 1.29 is 0 Å². The Kier molecular flexibility index (Phi) is 6.80. The van der Waals surface area contributed by atoms with Gasteiger partial charge < -0.3 is 4.90 Å². The van der Waals surface area contributed by atoms with Gasteiger partial charge in [0.1, 0.15) is 0 Å². The zero-order valence-electron chi connectivity index (χ0n) is 12.5. The summed E-state index contributed by atoms with van der Waals surface area (Å²) in [6, 6.07) is 7.66. The summed E-state index contributed by atoms with van der Waals surface area (Å²) in [6.45, 7) is 3.63. The second kappa shape index (κ2) is 7.65. The number of hydrogen-bond acceptors (Lipinski definition) is 2. The fraction of sp³-hybridized carbons (Fsp3) is 0.625. The predicted molar refractivity (Wildman–Crippen MR) is 90.2 cm³/mol. The number of aryl methyl sites for hydroxylation is 1. The smallest absolute Gasteiger partial charge is 0.0357 e. The molecule has 2 aliphatic rings. The molecule has 1 aliphatic heterocycles. The Hall–Kier alpha value is -0.280. The molecule has 1 heterocycles. The van der Waals surface area contributed by atoms with Gasteiger partial charge in [-0.15, -0.1) is 24.8 Å². The van der Waals surface area contributed by atoms with Crippen molar-refractivity contribution in [1.82, 2.24) is 9.80 Å². The molecule has 3 rings (SSSR count). The molecular weight excluding hydrogens is 291 g/mol. The molecule has 0 amide bonds. The van der Waals surface area contributed by atoms with Crippen LogP contribution in [0.5, 0.6) is 0 Å².